The number of amides is 3. The maximum atomic E-state index is 13.1. The van der Waals surface area contributed by atoms with Gasteiger partial charge in [-0.15, -0.1) is 0 Å². The number of rotatable bonds is 5. The number of aryl methyl sites for hydroxylation is 2. The Bertz CT molecular complexity index is 1330. The second-order valence-electron chi connectivity index (χ2n) is 8.21. The number of imide groups is 1. The Kier molecular flexibility index (Phi) is 5.96. The second kappa shape index (κ2) is 8.61. The van der Waals surface area contributed by atoms with Crippen molar-refractivity contribution in [3.63, 3.8) is 0 Å². The molecule has 11 nitrogen and oxygen atoms in total. The van der Waals surface area contributed by atoms with E-state index in [2.05, 4.69) is 0 Å². The fraction of sp³-hybridized carbons (Fsp3) is 0.318. The van der Waals surface area contributed by atoms with E-state index in [1.807, 2.05) is 13.0 Å². The number of benzene rings is 2. The summed E-state index contributed by atoms with van der Waals surface area (Å²) >= 11 is 0. The Balaban J connectivity index is 1.44. The van der Waals surface area contributed by atoms with Crippen LogP contribution in [0.1, 0.15) is 31.8 Å². The summed E-state index contributed by atoms with van der Waals surface area (Å²) in [6, 6.07) is 8.94. The zero-order valence-electron chi connectivity index (χ0n) is 18.6. The maximum absolute atomic E-state index is 13.1. The first-order valence-corrected chi connectivity index (χ1v) is 11.9. The summed E-state index contributed by atoms with van der Waals surface area (Å²) in [5, 5.41) is 11.2. The molecule has 2 aromatic carbocycles. The molecule has 2 aromatic rings. The van der Waals surface area contributed by atoms with Crippen LogP contribution in [-0.2, 0) is 14.8 Å². The van der Waals surface area contributed by atoms with Crippen LogP contribution in [0.4, 0.5) is 5.69 Å². The van der Waals surface area contributed by atoms with E-state index < -0.39 is 44.9 Å². The molecule has 0 aromatic heterocycles. The predicted octanol–water partition coefficient (Wildman–Crippen LogP) is 1.34. The van der Waals surface area contributed by atoms with Gasteiger partial charge in [0.15, 0.2) is 0 Å². The molecule has 178 valence electrons. The molecular formula is C22H22N4O7S. The minimum absolute atomic E-state index is 0.0645. The Morgan fingerprint density at radius 1 is 1.03 bits per heavy atom. The Hall–Kier alpha value is -3.64. The average Bonchev–Trinajstić information content (AvgIpc) is 3.05. The van der Waals surface area contributed by atoms with Crippen LogP contribution in [0, 0.1) is 24.0 Å². The standard InChI is InChI=1S/C22H22N4O7S/c1-14-6-7-15(2)18(12-14)34(32,33)24-10-8-23(9-11-24)19(27)13-25-21(28)16-4-3-5-17(26(30)31)20(16)22(25)29/h3-7,12H,8-11,13H2,1-2H3. The highest BCUT2D eigenvalue weighted by atomic mass is 32.2. The molecule has 2 heterocycles. The molecule has 2 aliphatic rings. The fourth-order valence-corrected chi connectivity index (χ4v) is 5.88. The van der Waals surface area contributed by atoms with Gasteiger partial charge in [0.1, 0.15) is 12.1 Å². The summed E-state index contributed by atoms with van der Waals surface area (Å²) in [6.45, 7) is 3.26. The van der Waals surface area contributed by atoms with Crippen molar-refractivity contribution in [3.8, 4) is 0 Å². The third-order valence-corrected chi connectivity index (χ3v) is 8.06. The highest BCUT2D eigenvalue weighted by molar-refractivity contribution is 7.89. The van der Waals surface area contributed by atoms with Crippen molar-refractivity contribution in [2.24, 2.45) is 0 Å². The first-order chi connectivity index (χ1) is 16.0. The normalized spacial score (nSPS) is 16.6. The van der Waals surface area contributed by atoms with Crippen LogP contribution in [0.3, 0.4) is 0 Å². The molecule has 0 bridgehead atoms. The molecule has 0 spiro atoms. The van der Waals surface area contributed by atoms with Gasteiger partial charge in [-0.25, -0.2) is 8.42 Å². The monoisotopic (exact) mass is 486 g/mol. The number of hydrogen-bond donors (Lipinski definition) is 0. The molecule has 0 N–H and O–H groups in total. The summed E-state index contributed by atoms with van der Waals surface area (Å²) < 4.78 is 27.5. The summed E-state index contributed by atoms with van der Waals surface area (Å²) in [6.07, 6.45) is 0. The van der Waals surface area contributed by atoms with Crippen molar-refractivity contribution in [2.45, 2.75) is 18.7 Å². The Morgan fingerprint density at radius 2 is 1.71 bits per heavy atom. The van der Waals surface area contributed by atoms with E-state index in [-0.39, 0.29) is 42.2 Å². The summed E-state index contributed by atoms with van der Waals surface area (Å²) in [7, 11) is -3.74. The van der Waals surface area contributed by atoms with Crippen LogP contribution >= 0.6 is 0 Å². The number of nitro benzene ring substituents is 1. The van der Waals surface area contributed by atoms with Gasteiger partial charge in [0.25, 0.3) is 17.5 Å². The minimum Gasteiger partial charge on any atom is -0.338 e. The van der Waals surface area contributed by atoms with E-state index in [0.29, 0.717) is 10.5 Å². The topological polar surface area (TPSA) is 138 Å². The molecule has 0 aliphatic carbocycles. The molecule has 0 saturated carbocycles. The lowest BCUT2D eigenvalue weighted by Crippen LogP contribution is -2.53. The van der Waals surface area contributed by atoms with Crippen molar-refractivity contribution < 1.29 is 27.7 Å². The Labute approximate surface area is 195 Å². The van der Waals surface area contributed by atoms with E-state index >= 15 is 0 Å². The molecule has 1 saturated heterocycles. The van der Waals surface area contributed by atoms with Crippen molar-refractivity contribution in [1.82, 2.24) is 14.1 Å². The lowest BCUT2D eigenvalue weighted by atomic mass is 10.1. The average molecular weight is 487 g/mol. The summed E-state index contributed by atoms with van der Waals surface area (Å²) in [5.74, 6) is -2.20. The van der Waals surface area contributed by atoms with Gasteiger partial charge in [0.2, 0.25) is 15.9 Å². The fourth-order valence-electron chi connectivity index (χ4n) is 4.15. The highest BCUT2D eigenvalue weighted by Gasteiger charge is 2.42. The molecule has 0 unspecified atom stereocenters. The van der Waals surface area contributed by atoms with Gasteiger partial charge in [0.05, 0.1) is 15.4 Å². The van der Waals surface area contributed by atoms with Gasteiger partial charge in [-0.05, 0) is 37.1 Å². The zero-order valence-corrected chi connectivity index (χ0v) is 19.4. The smallest absolute Gasteiger partial charge is 0.282 e. The van der Waals surface area contributed by atoms with Crippen molar-refractivity contribution >= 4 is 33.4 Å². The van der Waals surface area contributed by atoms with Crippen LogP contribution in [0.2, 0.25) is 0 Å². The quantitative estimate of drug-likeness (QED) is 0.353. The van der Waals surface area contributed by atoms with Crippen molar-refractivity contribution in [1.29, 1.82) is 0 Å². The number of hydrogen-bond acceptors (Lipinski definition) is 7. The van der Waals surface area contributed by atoms with Gasteiger partial charge in [0, 0.05) is 32.2 Å². The van der Waals surface area contributed by atoms with Crippen molar-refractivity contribution in [3.05, 3.63) is 68.8 Å². The van der Waals surface area contributed by atoms with Gasteiger partial charge in [-0.2, -0.15) is 4.31 Å². The number of sulfonamides is 1. The molecule has 1 fully saturated rings. The maximum Gasteiger partial charge on any atom is 0.282 e. The number of fused-ring (bicyclic) bond motifs is 1. The van der Waals surface area contributed by atoms with Crippen LogP contribution in [0.5, 0.6) is 0 Å². The van der Waals surface area contributed by atoms with Crippen LogP contribution in [-0.4, -0.2) is 77.9 Å². The SMILES string of the molecule is Cc1ccc(C)c(S(=O)(=O)N2CCN(C(=O)CN3C(=O)c4cccc([N+](=O)[O-])c4C3=O)CC2)c1. The highest BCUT2D eigenvalue weighted by Crippen LogP contribution is 2.30. The van der Waals surface area contributed by atoms with Crippen LogP contribution in [0.25, 0.3) is 0 Å². The summed E-state index contributed by atoms with van der Waals surface area (Å²) in [4.78, 5) is 50.9. The van der Waals surface area contributed by atoms with E-state index in [4.69, 9.17) is 0 Å². The number of carbonyl (C=O) groups excluding carboxylic acids is 3. The molecule has 0 atom stereocenters. The van der Waals surface area contributed by atoms with Crippen LogP contribution < -0.4 is 0 Å². The number of piperazine rings is 1. The molecule has 4 rings (SSSR count). The first kappa shape index (κ1) is 23.5. The molecule has 2 aliphatic heterocycles. The number of nitro groups is 1. The van der Waals surface area contributed by atoms with Gasteiger partial charge in [-0.3, -0.25) is 29.4 Å². The lowest BCUT2D eigenvalue weighted by molar-refractivity contribution is -0.385. The number of carbonyl (C=O) groups is 3. The van der Waals surface area contributed by atoms with Gasteiger partial charge >= 0.3 is 0 Å². The largest absolute Gasteiger partial charge is 0.338 e. The van der Waals surface area contributed by atoms with Crippen LogP contribution in [0.15, 0.2) is 41.3 Å². The van der Waals surface area contributed by atoms with E-state index in [1.54, 1.807) is 19.1 Å². The number of nitrogens with zero attached hydrogens (tertiary/aromatic N) is 4. The molecular weight excluding hydrogens is 464 g/mol. The predicted molar refractivity (Wildman–Crippen MR) is 120 cm³/mol. The third-order valence-electron chi connectivity index (χ3n) is 6.02. The molecule has 3 amide bonds. The van der Waals surface area contributed by atoms with E-state index in [0.717, 1.165) is 11.6 Å². The Morgan fingerprint density at radius 3 is 2.35 bits per heavy atom. The van der Waals surface area contributed by atoms with E-state index in [1.165, 1.54) is 21.3 Å². The minimum atomic E-state index is -3.74. The first-order valence-electron chi connectivity index (χ1n) is 10.5. The molecule has 0 radical (unpaired) electrons. The molecule has 12 heteroatoms. The van der Waals surface area contributed by atoms with Crippen molar-refractivity contribution in [2.75, 3.05) is 32.7 Å². The third kappa shape index (κ3) is 3.94. The van der Waals surface area contributed by atoms with Gasteiger partial charge in [-0.1, -0.05) is 18.2 Å². The van der Waals surface area contributed by atoms with E-state index in [9.17, 15) is 32.9 Å². The van der Waals surface area contributed by atoms with Gasteiger partial charge < -0.3 is 4.90 Å². The lowest BCUT2D eigenvalue weighted by Gasteiger charge is -2.34. The zero-order chi connectivity index (χ0) is 24.8. The second-order valence-corrected chi connectivity index (χ2v) is 10.1. The summed E-state index contributed by atoms with van der Waals surface area (Å²) in [5.41, 5.74) is 0.519. The molecule has 34 heavy (non-hydrogen) atoms.